The summed E-state index contributed by atoms with van der Waals surface area (Å²) in [6, 6.07) is 4.71. The SMILES string of the molecule is CCOc1cc(CNC(=O)CC(C)C2CCCNC2)ccc1OC(F)F.Cl. The lowest BCUT2D eigenvalue weighted by atomic mass is 9.85. The molecule has 1 aliphatic rings. The third-order valence-corrected chi connectivity index (χ3v) is 4.66. The largest absolute Gasteiger partial charge is 0.490 e. The Balaban J connectivity index is 0.00000364. The predicted molar refractivity (Wildman–Crippen MR) is 103 cm³/mol. The van der Waals surface area contributed by atoms with Crippen LogP contribution >= 0.6 is 12.4 Å². The van der Waals surface area contributed by atoms with Crippen LogP contribution in [0.4, 0.5) is 8.78 Å². The number of hydrogen-bond donors (Lipinski definition) is 2. The van der Waals surface area contributed by atoms with Gasteiger partial charge in [-0.3, -0.25) is 4.79 Å². The van der Waals surface area contributed by atoms with E-state index in [-0.39, 0.29) is 29.8 Å². The molecule has 2 atom stereocenters. The van der Waals surface area contributed by atoms with E-state index in [1.165, 1.54) is 6.07 Å². The van der Waals surface area contributed by atoms with Gasteiger partial charge >= 0.3 is 6.61 Å². The number of alkyl halides is 2. The zero-order valence-corrected chi connectivity index (χ0v) is 16.6. The van der Waals surface area contributed by atoms with Crippen LogP contribution in [-0.2, 0) is 11.3 Å². The van der Waals surface area contributed by atoms with Gasteiger partial charge in [0.2, 0.25) is 5.91 Å². The second-order valence-corrected chi connectivity index (χ2v) is 6.66. The molecule has 1 fully saturated rings. The quantitative estimate of drug-likeness (QED) is 0.655. The van der Waals surface area contributed by atoms with E-state index in [0.717, 1.165) is 31.5 Å². The van der Waals surface area contributed by atoms with Gasteiger partial charge < -0.3 is 20.1 Å². The number of nitrogens with one attached hydrogen (secondary N) is 2. The van der Waals surface area contributed by atoms with Crippen LogP contribution in [0.2, 0.25) is 0 Å². The molecule has 2 unspecified atom stereocenters. The molecule has 1 saturated heterocycles. The third-order valence-electron chi connectivity index (χ3n) is 4.66. The van der Waals surface area contributed by atoms with E-state index >= 15 is 0 Å². The Morgan fingerprint density at radius 2 is 2.15 bits per heavy atom. The fourth-order valence-corrected chi connectivity index (χ4v) is 3.22. The van der Waals surface area contributed by atoms with Crippen molar-refractivity contribution in [2.75, 3.05) is 19.7 Å². The van der Waals surface area contributed by atoms with Crippen molar-refractivity contribution >= 4 is 18.3 Å². The summed E-state index contributed by atoms with van der Waals surface area (Å²) < 4.78 is 34.7. The van der Waals surface area contributed by atoms with Crippen LogP contribution in [0.25, 0.3) is 0 Å². The van der Waals surface area contributed by atoms with Crippen LogP contribution in [0.5, 0.6) is 11.5 Å². The fourth-order valence-electron chi connectivity index (χ4n) is 3.22. The van der Waals surface area contributed by atoms with Crippen molar-refractivity contribution in [3.63, 3.8) is 0 Å². The normalized spacial score (nSPS) is 17.7. The van der Waals surface area contributed by atoms with E-state index in [2.05, 4.69) is 22.3 Å². The van der Waals surface area contributed by atoms with Gasteiger partial charge in [-0.1, -0.05) is 13.0 Å². The summed E-state index contributed by atoms with van der Waals surface area (Å²) in [4.78, 5) is 12.2. The second kappa shape index (κ2) is 12.0. The van der Waals surface area contributed by atoms with Crippen LogP contribution in [0.15, 0.2) is 18.2 Å². The molecule has 2 rings (SSSR count). The molecule has 154 valence electrons. The summed E-state index contributed by atoms with van der Waals surface area (Å²) in [6.07, 6.45) is 2.80. The topological polar surface area (TPSA) is 59.6 Å². The van der Waals surface area contributed by atoms with Gasteiger partial charge in [-0.05, 0) is 62.4 Å². The average Bonchev–Trinajstić information content (AvgIpc) is 2.62. The molecule has 0 bridgehead atoms. The van der Waals surface area contributed by atoms with Gasteiger partial charge in [-0.25, -0.2) is 0 Å². The van der Waals surface area contributed by atoms with Crippen molar-refractivity contribution in [1.29, 1.82) is 0 Å². The Morgan fingerprint density at radius 3 is 2.78 bits per heavy atom. The smallest absolute Gasteiger partial charge is 0.387 e. The summed E-state index contributed by atoms with van der Waals surface area (Å²) in [5.41, 5.74) is 0.774. The average molecular weight is 407 g/mol. The molecule has 0 aliphatic carbocycles. The minimum Gasteiger partial charge on any atom is -0.490 e. The van der Waals surface area contributed by atoms with Crippen molar-refractivity contribution in [3.05, 3.63) is 23.8 Å². The summed E-state index contributed by atoms with van der Waals surface area (Å²) in [5.74, 6) is 1.10. The Hall–Kier alpha value is -1.60. The zero-order valence-electron chi connectivity index (χ0n) is 15.8. The summed E-state index contributed by atoms with van der Waals surface area (Å²) in [7, 11) is 0. The highest BCUT2D eigenvalue weighted by molar-refractivity contribution is 5.85. The molecule has 5 nitrogen and oxygen atoms in total. The van der Waals surface area contributed by atoms with Gasteiger partial charge in [0.25, 0.3) is 0 Å². The standard InChI is InChI=1S/C19H28F2N2O3.ClH/c1-3-25-17-10-14(6-7-16(17)26-19(20)21)11-23-18(24)9-13(2)15-5-4-8-22-12-15;/h6-7,10,13,15,19,22H,3-5,8-9,11-12H2,1-2H3,(H,23,24);1H. The number of carbonyl (C=O) groups is 1. The van der Waals surface area contributed by atoms with Crippen molar-refractivity contribution in [2.24, 2.45) is 11.8 Å². The third kappa shape index (κ3) is 7.89. The number of benzene rings is 1. The number of amides is 1. The summed E-state index contributed by atoms with van der Waals surface area (Å²) >= 11 is 0. The highest BCUT2D eigenvalue weighted by Gasteiger charge is 2.22. The Kier molecular flexibility index (Phi) is 10.4. The maximum atomic E-state index is 12.4. The van der Waals surface area contributed by atoms with Crippen LogP contribution in [0, 0.1) is 11.8 Å². The molecule has 1 amide bonds. The van der Waals surface area contributed by atoms with E-state index in [9.17, 15) is 13.6 Å². The molecule has 27 heavy (non-hydrogen) atoms. The number of piperidine rings is 1. The molecule has 1 aliphatic heterocycles. The Bertz CT molecular complexity index is 584. The van der Waals surface area contributed by atoms with E-state index in [1.807, 2.05) is 0 Å². The molecule has 1 aromatic rings. The highest BCUT2D eigenvalue weighted by Crippen LogP contribution is 2.30. The number of rotatable bonds is 9. The van der Waals surface area contributed by atoms with Gasteiger partial charge in [0.1, 0.15) is 0 Å². The molecule has 1 heterocycles. The first-order chi connectivity index (χ1) is 12.5. The molecule has 0 aromatic heterocycles. The van der Waals surface area contributed by atoms with Crippen molar-refractivity contribution in [1.82, 2.24) is 10.6 Å². The van der Waals surface area contributed by atoms with Crippen LogP contribution < -0.4 is 20.1 Å². The molecule has 0 spiro atoms. The molecular formula is C19H29ClF2N2O3. The zero-order chi connectivity index (χ0) is 18.9. The predicted octanol–water partition coefficient (Wildman–Crippen LogP) is 3.75. The van der Waals surface area contributed by atoms with E-state index in [1.54, 1.807) is 19.1 Å². The van der Waals surface area contributed by atoms with E-state index < -0.39 is 6.61 Å². The Labute approximate surface area is 165 Å². The van der Waals surface area contributed by atoms with Gasteiger partial charge in [-0.2, -0.15) is 8.78 Å². The number of halogens is 3. The van der Waals surface area contributed by atoms with E-state index in [4.69, 9.17) is 4.74 Å². The van der Waals surface area contributed by atoms with Crippen molar-refractivity contribution < 1.29 is 23.0 Å². The molecule has 0 radical (unpaired) electrons. The molecular weight excluding hydrogens is 378 g/mol. The van der Waals surface area contributed by atoms with Crippen molar-refractivity contribution in [2.45, 2.75) is 46.3 Å². The highest BCUT2D eigenvalue weighted by atomic mass is 35.5. The van der Waals surface area contributed by atoms with Crippen LogP contribution in [0.3, 0.4) is 0 Å². The molecule has 2 N–H and O–H groups in total. The maximum Gasteiger partial charge on any atom is 0.387 e. The first-order valence-electron chi connectivity index (χ1n) is 9.17. The maximum absolute atomic E-state index is 12.4. The van der Waals surface area contributed by atoms with Crippen LogP contribution in [0.1, 0.15) is 38.7 Å². The first kappa shape index (κ1) is 23.4. The fraction of sp³-hybridized carbons (Fsp3) is 0.632. The first-order valence-corrected chi connectivity index (χ1v) is 9.17. The van der Waals surface area contributed by atoms with E-state index in [0.29, 0.717) is 31.4 Å². The molecule has 8 heteroatoms. The Morgan fingerprint density at radius 1 is 1.37 bits per heavy atom. The van der Waals surface area contributed by atoms with Gasteiger partial charge in [0, 0.05) is 13.0 Å². The van der Waals surface area contributed by atoms with Crippen LogP contribution in [-0.4, -0.2) is 32.2 Å². The summed E-state index contributed by atoms with van der Waals surface area (Å²) in [5, 5.41) is 6.27. The lowest BCUT2D eigenvalue weighted by Crippen LogP contribution is -2.35. The molecule has 0 saturated carbocycles. The lowest BCUT2D eigenvalue weighted by molar-refractivity contribution is -0.122. The minimum absolute atomic E-state index is 0. The number of ether oxygens (including phenoxy) is 2. The summed E-state index contributed by atoms with van der Waals surface area (Å²) in [6.45, 7) is 3.66. The number of carbonyl (C=O) groups excluding carboxylic acids is 1. The molecule has 1 aromatic carbocycles. The second-order valence-electron chi connectivity index (χ2n) is 6.66. The monoisotopic (exact) mass is 406 g/mol. The van der Waals surface area contributed by atoms with Gasteiger partial charge in [0.05, 0.1) is 6.61 Å². The lowest BCUT2D eigenvalue weighted by Gasteiger charge is -2.28. The van der Waals surface area contributed by atoms with Gasteiger partial charge in [-0.15, -0.1) is 12.4 Å². The number of hydrogen-bond acceptors (Lipinski definition) is 4. The van der Waals surface area contributed by atoms with Crippen molar-refractivity contribution in [3.8, 4) is 11.5 Å². The minimum atomic E-state index is -2.91. The van der Waals surface area contributed by atoms with Gasteiger partial charge in [0.15, 0.2) is 11.5 Å².